The first-order valence-electron chi connectivity index (χ1n) is 6.22. The van der Waals surface area contributed by atoms with E-state index in [9.17, 15) is 4.79 Å². The first-order chi connectivity index (χ1) is 8.58. The van der Waals surface area contributed by atoms with Crippen LogP contribution in [0, 0.1) is 0 Å². The van der Waals surface area contributed by atoms with Gasteiger partial charge in [-0.15, -0.1) is 23.1 Å². The van der Waals surface area contributed by atoms with E-state index in [0.717, 1.165) is 30.3 Å². The highest BCUT2D eigenvalue weighted by molar-refractivity contribution is 8.00. The average Bonchev–Trinajstić information content (AvgIpc) is 2.80. The van der Waals surface area contributed by atoms with E-state index < -0.39 is 0 Å². The van der Waals surface area contributed by atoms with Crippen molar-refractivity contribution in [2.75, 3.05) is 25.4 Å². The van der Waals surface area contributed by atoms with Gasteiger partial charge in [0.25, 0.3) is 0 Å². The number of thiophene rings is 1. The molecule has 18 heavy (non-hydrogen) atoms. The Balaban J connectivity index is 2.36. The van der Waals surface area contributed by atoms with Crippen molar-refractivity contribution in [3.05, 3.63) is 21.3 Å². The Labute approximate surface area is 123 Å². The zero-order valence-corrected chi connectivity index (χ0v) is 13.5. The number of Topliss-reactive ketones (excluding diaryl/α,β-unsaturated/α-hetero) is 1. The second kappa shape index (κ2) is 8.20. The number of hydrogen-bond acceptors (Lipinski definition) is 4. The van der Waals surface area contributed by atoms with E-state index in [1.54, 1.807) is 17.8 Å². The van der Waals surface area contributed by atoms with Crippen LogP contribution < -0.4 is 0 Å². The van der Waals surface area contributed by atoms with Crippen LogP contribution in [0.4, 0.5) is 0 Å². The van der Waals surface area contributed by atoms with Gasteiger partial charge in [-0.3, -0.25) is 4.79 Å². The van der Waals surface area contributed by atoms with Gasteiger partial charge in [0.15, 0.2) is 5.78 Å². The minimum Gasteiger partial charge on any atom is -0.303 e. The second-order valence-electron chi connectivity index (χ2n) is 4.01. The molecule has 0 aliphatic heterocycles. The fourth-order valence-electron chi connectivity index (χ4n) is 1.62. The predicted octanol–water partition coefficient (Wildman–Crippen LogP) is 4.05. The number of nitrogens with zero attached hydrogens (tertiary/aromatic N) is 1. The van der Waals surface area contributed by atoms with E-state index >= 15 is 0 Å². The standard InChI is InChI=1S/C13H20ClNOS2/c1-4-15(5-2)8-9-17-10(3)13(16)11-6-7-12(14)18-11/h6-7,10H,4-5,8-9H2,1-3H3. The van der Waals surface area contributed by atoms with Crippen LogP contribution in [-0.2, 0) is 0 Å². The highest BCUT2D eigenvalue weighted by Gasteiger charge is 2.17. The number of hydrogen-bond donors (Lipinski definition) is 0. The zero-order chi connectivity index (χ0) is 13.5. The van der Waals surface area contributed by atoms with Gasteiger partial charge in [-0.1, -0.05) is 25.4 Å². The van der Waals surface area contributed by atoms with Crippen molar-refractivity contribution in [1.29, 1.82) is 0 Å². The summed E-state index contributed by atoms with van der Waals surface area (Å²) in [5.41, 5.74) is 0. The lowest BCUT2D eigenvalue weighted by atomic mass is 10.2. The molecule has 0 amide bonds. The van der Waals surface area contributed by atoms with E-state index in [-0.39, 0.29) is 11.0 Å². The van der Waals surface area contributed by atoms with Crippen molar-refractivity contribution in [2.24, 2.45) is 0 Å². The third-order valence-electron chi connectivity index (χ3n) is 2.86. The van der Waals surface area contributed by atoms with Gasteiger partial charge in [-0.2, -0.15) is 0 Å². The Hall–Kier alpha value is -0.0300. The van der Waals surface area contributed by atoms with Crippen molar-refractivity contribution in [2.45, 2.75) is 26.0 Å². The molecule has 0 radical (unpaired) electrons. The van der Waals surface area contributed by atoms with Gasteiger partial charge >= 0.3 is 0 Å². The van der Waals surface area contributed by atoms with Gasteiger partial charge in [0.2, 0.25) is 0 Å². The molecule has 0 saturated carbocycles. The van der Waals surface area contributed by atoms with Crippen LogP contribution in [0.3, 0.4) is 0 Å². The van der Waals surface area contributed by atoms with E-state index in [2.05, 4.69) is 18.7 Å². The summed E-state index contributed by atoms with van der Waals surface area (Å²) in [5.74, 6) is 1.18. The van der Waals surface area contributed by atoms with Crippen molar-refractivity contribution in [3.63, 3.8) is 0 Å². The molecule has 0 saturated heterocycles. The number of halogens is 1. The molecule has 1 aromatic rings. The molecule has 0 aliphatic rings. The van der Waals surface area contributed by atoms with Crippen LogP contribution in [0.1, 0.15) is 30.4 Å². The summed E-state index contributed by atoms with van der Waals surface area (Å²) in [6, 6.07) is 3.60. The van der Waals surface area contributed by atoms with E-state index in [4.69, 9.17) is 11.6 Å². The maximum absolute atomic E-state index is 12.1. The molecule has 5 heteroatoms. The first-order valence-corrected chi connectivity index (χ1v) is 8.46. The third kappa shape index (κ3) is 4.92. The van der Waals surface area contributed by atoms with Crippen LogP contribution in [0.2, 0.25) is 4.34 Å². The molecule has 0 aliphatic carbocycles. The van der Waals surface area contributed by atoms with Crippen molar-refractivity contribution in [3.8, 4) is 0 Å². The first kappa shape index (κ1) is 16.0. The van der Waals surface area contributed by atoms with Gasteiger partial charge in [-0.25, -0.2) is 0 Å². The molecule has 0 fully saturated rings. The van der Waals surface area contributed by atoms with Crippen molar-refractivity contribution >= 4 is 40.5 Å². The molecule has 1 atom stereocenters. The molecular formula is C13H20ClNOS2. The van der Waals surface area contributed by atoms with Crippen molar-refractivity contribution in [1.82, 2.24) is 4.90 Å². The molecule has 1 unspecified atom stereocenters. The predicted molar refractivity (Wildman–Crippen MR) is 83.4 cm³/mol. The largest absolute Gasteiger partial charge is 0.303 e. The van der Waals surface area contributed by atoms with E-state index in [1.165, 1.54) is 11.3 Å². The number of ketones is 1. The van der Waals surface area contributed by atoms with Crippen LogP contribution in [0.5, 0.6) is 0 Å². The van der Waals surface area contributed by atoms with Crippen LogP contribution in [0.25, 0.3) is 0 Å². The third-order valence-corrected chi connectivity index (χ3v) is 5.23. The molecule has 1 heterocycles. The fourth-order valence-corrected chi connectivity index (χ4v) is 3.76. The van der Waals surface area contributed by atoms with E-state index in [1.807, 2.05) is 13.0 Å². The van der Waals surface area contributed by atoms with Crippen LogP contribution in [0.15, 0.2) is 12.1 Å². The van der Waals surface area contributed by atoms with E-state index in [0.29, 0.717) is 4.34 Å². The Morgan fingerprint density at radius 2 is 2.11 bits per heavy atom. The fraction of sp³-hybridized carbons (Fsp3) is 0.615. The summed E-state index contributed by atoms with van der Waals surface area (Å²) in [6.45, 7) is 9.48. The summed E-state index contributed by atoms with van der Waals surface area (Å²) in [6.07, 6.45) is 0. The number of carbonyl (C=O) groups excluding carboxylic acids is 1. The van der Waals surface area contributed by atoms with Gasteiger partial charge < -0.3 is 4.90 Å². The summed E-state index contributed by atoms with van der Waals surface area (Å²) < 4.78 is 0.679. The highest BCUT2D eigenvalue weighted by Crippen LogP contribution is 2.25. The maximum Gasteiger partial charge on any atom is 0.185 e. The van der Waals surface area contributed by atoms with Gasteiger partial charge in [0, 0.05) is 12.3 Å². The smallest absolute Gasteiger partial charge is 0.185 e. The SMILES string of the molecule is CCN(CC)CCSC(C)C(=O)c1ccc(Cl)s1. The summed E-state index contributed by atoms with van der Waals surface area (Å²) in [7, 11) is 0. The lowest BCUT2D eigenvalue weighted by Gasteiger charge is -2.18. The minimum absolute atomic E-state index is 0.00952. The summed E-state index contributed by atoms with van der Waals surface area (Å²) >= 11 is 8.93. The number of carbonyl (C=O) groups is 1. The Morgan fingerprint density at radius 1 is 1.44 bits per heavy atom. The molecule has 2 nitrogen and oxygen atoms in total. The normalized spacial score (nSPS) is 12.9. The Morgan fingerprint density at radius 3 is 2.61 bits per heavy atom. The molecular weight excluding hydrogens is 286 g/mol. The second-order valence-corrected chi connectivity index (χ2v) is 7.17. The summed E-state index contributed by atoms with van der Waals surface area (Å²) in [5, 5.41) is 0.00952. The van der Waals surface area contributed by atoms with Crippen molar-refractivity contribution < 1.29 is 4.79 Å². The zero-order valence-electron chi connectivity index (χ0n) is 11.1. The molecule has 0 bridgehead atoms. The molecule has 1 rings (SSSR count). The quantitative estimate of drug-likeness (QED) is 0.676. The topological polar surface area (TPSA) is 20.3 Å². The van der Waals surface area contributed by atoms with Crippen LogP contribution in [-0.4, -0.2) is 41.3 Å². The molecule has 1 aromatic heterocycles. The maximum atomic E-state index is 12.1. The number of thioether (sulfide) groups is 1. The molecule has 0 N–H and O–H groups in total. The monoisotopic (exact) mass is 305 g/mol. The minimum atomic E-state index is 0.00952. The van der Waals surface area contributed by atoms with Gasteiger partial charge in [-0.05, 0) is 32.1 Å². The van der Waals surface area contributed by atoms with Gasteiger partial charge in [0.1, 0.15) is 0 Å². The average molecular weight is 306 g/mol. The summed E-state index contributed by atoms with van der Waals surface area (Å²) in [4.78, 5) is 15.2. The number of rotatable bonds is 8. The highest BCUT2D eigenvalue weighted by atomic mass is 35.5. The molecule has 102 valence electrons. The Bertz CT molecular complexity index is 377. The lowest BCUT2D eigenvalue weighted by Crippen LogP contribution is -2.26. The van der Waals surface area contributed by atoms with Crippen LogP contribution >= 0.6 is 34.7 Å². The molecule has 0 aromatic carbocycles. The Kier molecular flexibility index (Phi) is 7.30. The lowest BCUT2D eigenvalue weighted by molar-refractivity contribution is 0.0998. The molecule has 0 spiro atoms. The van der Waals surface area contributed by atoms with Gasteiger partial charge in [0.05, 0.1) is 14.5 Å².